The molecule has 0 aromatic carbocycles. The van der Waals surface area contributed by atoms with Gasteiger partial charge in [-0.3, -0.25) is 4.79 Å². The lowest BCUT2D eigenvalue weighted by Gasteiger charge is -2.19. The van der Waals surface area contributed by atoms with E-state index in [0.717, 1.165) is 5.16 Å². The summed E-state index contributed by atoms with van der Waals surface area (Å²) in [5, 5.41) is 0.741. The summed E-state index contributed by atoms with van der Waals surface area (Å²) in [6.07, 6.45) is 3.36. The second-order valence-corrected chi connectivity index (χ2v) is 4.06. The number of nitrogens with one attached hydrogen (secondary N) is 1. The van der Waals surface area contributed by atoms with Crippen LogP contribution < -0.4 is 5.73 Å². The van der Waals surface area contributed by atoms with Gasteiger partial charge in [0.1, 0.15) is 5.54 Å². The van der Waals surface area contributed by atoms with Gasteiger partial charge in [-0.05, 0) is 6.92 Å². The first-order valence-corrected chi connectivity index (χ1v) is 5.04. The van der Waals surface area contributed by atoms with Crippen LogP contribution in [0.4, 0.5) is 0 Å². The Kier molecular flexibility index (Phi) is 3.54. The zero-order valence-electron chi connectivity index (χ0n) is 8.11. The molecule has 0 amide bonds. The van der Waals surface area contributed by atoms with Crippen molar-refractivity contribution in [1.82, 2.24) is 9.97 Å². The Labute approximate surface area is 86.4 Å². The van der Waals surface area contributed by atoms with Crippen LogP contribution in [0.25, 0.3) is 0 Å². The fraction of sp³-hybridized carbons (Fsp3) is 0.500. The summed E-state index contributed by atoms with van der Waals surface area (Å²) in [5.41, 5.74) is 4.77. The number of methoxy groups -OCH3 is 1. The number of imidazole rings is 1. The van der Waals surface area contributed by atoms with Crippen LogP contribution in [0, 0.1) is 0 Å². The van der Waals surface area contributed by atoms with E-state index in [4.69, 9.17) is 5.73 Å². The van der Waals surface area contributed by atoms with Crippen LogP contribution >= 0.6 is 11.8 Å². The molecule has 1 rings (SSSR count). The van der Waals surface area contributed by atoms with E-state index < -0.39 is 11.5 Å². The third-order valence-corrected chi connectivity index (χ3v) is 2.87. The van der Waals surface area contributed by atoms with Crippen molar-refractivity contribution in [3.05, 3.63) is 12.4 Å². The van der Waals surface area contributed by atoms with Gasteiger partial charge in [-0.2, -0.15) is 0 Å². The van der Waals surface area contributed by atoms with Crippen LogP contribution in [0.2, 0.25) is 0 Å². The van der Waals surface area contributed by atoms with Crippen LogP contribution in [-0.4, -0.2) is 34.3 Å². The first kappa shape index (κ1) is 11.1. The number of H-pyrrole nitrogens is 1. The minimum absolute atomic E-state index is 0.420. The second-order valence-electron chi connectivity index (χ2n) is 3.09. The molecule has 0 saturated carbocycles. The van der Waals surface area contributed by atoms with E-state index >= 15 is 0 Å². The normalized spacial score (nSPS) is 14.8. The molecule has 1 heterocycles. The number of nitrogens with zero attached hydrogens (tertiary/aromatic N) is 1. The molecular weight excluding hydrogens is 202 g/mol. The minimum Gasteiger partial charge on any atom is -0.468 e. The highest BCUT2D eigenvalue weighted by Gasteiger charge is 2.29. The summed E-state index contributed by atoms with van der Waals surface area (Å²) in [7, 11) is 1.32. The van der Waals surface area contributed by atoms with Crippen LogP contribution in [0.5, 0.6) is 0 Å². The Morgan fingerprint density at radius 1 is 1.86 bits per heavy atom. The van der Waals surface area contributed by atoms with Crippen LogP contribution in [0.15, 0.2) is 17.6 Å². The molecule has 0 aliphatic rings. The molecule has 1 unspecified atom stereocenters. The summed E-state index contributed by atoms with van der Waals surface area (Å²) >= 11 is 1.39. The first-order valence-electron chi connectivity index (χ1n) is 4.06. The van der Waals surface area contributed by atoms with Crippen LogP contribution in [0.3, 0.4) is 0 Å². The quantitative estimate of drug-likeness (QED) is 0.561. The summed E-state index contributed by atoms with van der Waals surface area (Å²) in [5.74, 6) is 0.00394. The molecule has 0 aliphatic carbocycles. The number of aromatic nitrogens is 2. The van der Waals surface area contributed by atoms with Crippen molar-refractivity contribution in [2.45, 2.75) is 17.6 Å². The number of esters is 1. The van der Waals surface area contributed by atoms with Crippen molar-refractivity contribution < 1.29 is 9.53 Å². The predicted molar refractivity (Wildman–Crippen MR) is 53.9 cm³/mol. The fourth-order valence-electron chi connectivity index (χ4n) is 0.840. The molecule has 0 saturated heterocycles. The summed E-state index contributed by atoms with van der Waals surface area (Å²) < 4.78 is 4.58. The lowest BCUT2D eigenvalue weighted by Crippen LogP contribution is -2.48. The maximum atomic E-state index is 11.2. The van der Waals surface area contributed by atoms with E-state index in [-0.39, 0.29) is 0 Å². The van der Waals surface area contributed by atoms with E-state index in [1.165, 1.54) is 18.9 Å². The number of thioether (sulfide) groups is 1. The highest BCUT2D eigenvalue weighted by Crippen LogP contribution is 2.18. The van der Waals surface area contributed by atoms with Crippen molar-refractivity contribution in [3.63, 3.8) is 0 Å². The number of carbonyl (C=O) groups excluding carboxylic acids is 1. The first-order chi connectivity index (χ1) is 6.56. The van der Waals surface area contributed by atoms with Gasteiger partial charge in [-0.25, -0.2) is 4.98 Å². The monoisotopic (exact) mass is 215 g/mol. The Morgan fingerprint density at radius 2 is 2.57 bits per heavy atom. The average Bonchev–Trinajstić information content (AvgIpc) is 2.66. The van der Waals surface area contributed by atoms with E-state index in [9.17, 15) is 4.79 Å². The van der Waals surface area contributed by atoms with Gasteiger partial charge in [0.25, 0.3) is 0 Å². The van der Waals surface area contributed by atoms with Crippen molar-refractivity contribution in [2.75, 3.05) is 12.9 Å². The molecule has 14 heavy (non-hydrogen) atoms. The van der Waals surface area contributed by atoms with Crippen LogP contribution in [0.1, 0.15) is 6.92 Å². The van der Waals surface area contributed by atoms with Gasteiger partial charge in [-0.1, -0.05) is 11.8 Å². The molecule has 0 bridgehead atoms. The number of ether oxygens (including phenoxy) is 1. The fourth-order valence-corrected chi connectivity index (χ4v) is 1.68. The molecule has 6 heteroatoms. The molecule has 1 aromatic heterocycles. The summed E-state index contributed by atoms with van der Waals surface area (Å²) in [4.78, 5) is 18.1. The largest absolute Gasteiger partial charge is 0.468 e. The minimum atomic E-state index is -0.980. The zero-order chi connectivity index (χ0) is 10.6. The smallest absolute Gasteiger partial charge is 0.326 e. The van der Waals surface area contributed by atoms with E-state index in [0.29, 0.717) is 5.75 Å². The maximum Gasteiger partial charge on any atom is 0.326 e. The van der Waals surface area contributed by atoms with Crippen LogP contribution in [-0.2, 0) is 9.53 Å². The number of hydrogen-bond acceptors (Lipinski definition) is 5. The average molecular weight is 215 g/mol. The van der Waals surface area contributed by atoms with E-state index in [2.05, 4.69) is 14.7 Å². The topological polar surface area (TPSA) is 81.0 Å². The molecule has 78 valence electrons. The molecule has 1 atom stereocenters. The number of aromatic amines is 1. The highest BCUT2D eigenvalue weighted by molar-refractivity contribution is 7.99. The van der Waals surface area contributed by atoms with Gasteiger partial charge in [0.15, 0.2) is 5.16 Å². The summed E-state index contributed by atoms with van der Waals surface area (Å²) in [6.45, 7) is 1.63. The third-order valence-electron chi connectivity index (χ3n) is 1.63. The Balaban J connectivity index is 2.48. The molecule has 0 spiro atoms. The SMILES string of the molecule is COC(=O)C(C)(N)CSc1ncc[nH]1. The Bertz CT molecular complexity index is 298. The number of nitrogens with two attached hydrogens (primary N) is 1. The van der Waals surface area contributed by atoms with Crippen molar-refractivity contribution >= 4 is 17.7 Å². The molecule has 1 aromatic rings. The third kappa shape index (κ3) is 2.74. The summed E-state index contributed by atoms with van der Waals surface area (Å²) in [6, 6.07) is 0. The van der Waals surface area contributed by atoms with Crippen molar-refractivity contribution in [2.24, 2.45) is 5.73 Å². The van der Waals surface area contributed by atoms with Crippen molar-refractivity contribution in [3.8, 4) is 0 Å². The van der Waals surface area contributed by atoms with Gasteiger partial charge in [0.2, 0.25) is 0 Å². The second kappa shape index (κ2) is 4.47. The van der Waals surface area contributed by atoms with Gasteiger partial charge in [0, 0.05) is 18.1 Å². The van der Waals surface area contributed by atoms with E-state index in [1.807, 2.05) is 0 Å². The maximum absolute atomic E-state index is 11.2. The Morgan fingerprint density at radius 3 is 3.07 bits per heavy atom. The Hall–Kier alpha value is -1.01. The molecule has 5 nitrogen and oxygen atoms in total. The van der Waals surface area contributed by atoms with Gasteiger partial charge in [-0.15, -0.1) is 0 Å². The molecule has 0 radical (unpaired) electrons. The number of rotatable bonds is 4. The van der Waals surface area contributed by atoms with Gasteiger partial charge in [0.05, 0.1) is 7.11 Å². The highest BCUT2D eigenvalue weighted by atomic mass is 32.2. The lowest BCUT2D eigenvalue weighted by molar-refractivity contribution is -0.145. The number of carbonyl (C=O) groups is 1. The van der Waals surface area contributed by atoms with Gasteiger partial charge >= 0.3 is 5.97 Å². The molecule has 3 N–H and O–H groups in total. The molecule has 0 aliphatic heterocycles. The predicted octanol–water partition coefficient (Wildman–Crippen LogP) is 0.392. The van der Waals surface area contributed by atoms with E-state index in [1.54, 1.807) is 19.3 Å². The zero-order valence-corrected chi connectivity index (χ0v) is 8.93. The molecular formula is C8H13N3O2S. The lowest BCUT2D eigenvalue weighted by atomic mass is 10.1. The standard InChI is InChI=1S/C8H13N3O2S/c1-8(9,6(12)13-2)5-14-7-10-3-4-11-7/h3-4H,5,9H2,1-2H3,(H,10,11). The van der Waals surface area contributed by atoms with Gasteiger partial charge < -0.3 is 15.5 Å². The molecule has 0 fully saturated rings. The number of hydrogen-bond donors (Lipinski definition) is 2. The van der Waals surface area contributed by atoms with Crippen molar-refractivity contribution in [1.29, 1.82) is 0 Å².